The number of benzene rings is 2. The van der Waals surface area contributed by atoms with Gasteiger partial charge in [0, 0.05) is 11.9 Å². The summed E-state index contributed by atoms with van der Waals surface area (Å²) in [6.45, 7) is 0.235. The molecule has 0 aliphatic heterocycles. The van der Waals surface area contributed by atoms with E-state index in [1.54, 1.807) is 18.2 Å². The Balaban J connectivity index is 1.62. The predicted molar refractivity (Wildman–Crippen MR) is 102 cm³/mol. The van der Waals surface area contributed by atoms with Crippen molar-refractivity contribution in [2.24, 2.45) is 0 Å². The number of thioether (sulfide) groups is 1. The molecule has 29 heavy (non-hydrogen) atoms. The number of urea groups is 1. The van der Waals surface area contributed by atoms with Crippen molar-refractivity contribution in [1.29, 1.82) is 0 Å². The van der Waals surface area contributed by atoms with Crippen molar-refractivity contribution in [1.82, 2.24) is 20.6 Å². The van der Waals surface area contributed by atoms with E-state index in [1.807, 2.05) is 30.3 Å². The molecule has 0 fully saturated rings. The van der Waals surface area contributed by atoms with Gasteiger partial charge in [-0.1, -0.05) is 60.3 Å². The number of aromatic nitrogens is 2. The van der Waals surface area contributed by atoms with E-state index in [1.165, 1.54) is 6.07 Å². The Morgan fingerprint density at radius 1 is 0.966 bits per heavy atom. The summed E-state index contributed by atoms with van der Waals surface area (Å²) in [6, 6.07) is 14.6. The van der Waals surface area contributed by atoms with Gasteiger partial charge in [-0.2, -0.15) is 13.2 Å². The van der Waals surface area contributed by atoms with Crippen LogP contribution in [0.25, 0.3) is 10.9 Å². The van der Waals surface area contributed by atoms with Crippen LogP contribution >= 0.6 is 11.8 Å². The van der Waals surface area contributed by atoms with Gasteiger partial charge in [0.15, 0.2) is 0 Å². The van der Waals surface area contributed by atoms with Crippen molar-refractivity contribution >= 4 is 34.6 Å². The second-order valence-electron chi connectivity index (χ2n) is 5.87. The second kappa shape index (κ2) is 8.91. The van der Waals surface area contributed by atoms with Crippen LogP contribution in [-0.4, -0.2) is 27.7 Å². The molecule has 0 aliphatic rings. The van der Waals surface area contributed by atoms with Crippen molar-refractivity contribution in [3.63, 3.8) is 0 Å². The number of carbonyl (C=O) groups excluding carboxylic acids is 2. The van der Waals surface area contributed by atoms with Crippen molar-refractivity contribution in [3.05, 3.63) is 66.0 Å². The molecule has 2 N–H and O–H groups in total. The molecule has 0 unspecified atom stereocenters. The molecule has 0 saturated heterocycles. The molecule has 0 atom stereocenters. The summed E-state index contributed by atoms with van der Waals surface area (Å²) in [5.74, 6) is -2.21. The molecule has 1 heterocycles. The van der Waals surface area contributed by atoms with E-state index in [0.29, 0.717) is 5.39 Å². The molecular formula is C19H15F3N4O2S. The summed E-state index contributed by atoms with van der Waals surface area (Å²) in [4.78, 5) is 30.9. The van der Waals surface area contributed by atoms with E-state index in [2.05, 4.69) is 20.6 Å². The smallest absolute Gasteiger partial charge is 0.334 e. The highest BCUT2D eigenvalue weighted by Crippen LogP contribution is 2.31. The monoisotopic (exact) mass is 420 g/mol. The second-order valence-corrected chi connectivity index (χ2v) is 6.84. The lowest BCUT2D eigenvalue weighted by atomic mass is 10.2. The summed E-state index contributed by atoms with van der Waals surface area (Å²) in [5, 5.41) is 5.08. The number of nitrogens with zero attached hydrogens (tertiary/aromatic N) is 2. The zero-order chi connectivity index (χ0) is 20.9. The van der Waals surface area contributed by atoms with Crippen LogP contribution in [0, 0.1) is 0 Å². The average Bonchev–Trinajstić information content (AvgIpc) is 2.70. The Labute approximate surface area is 167 Å². The molecule has 3 amide bonds. The van der Waals surface area contributed by atoms with Crippen LogP contribution in [0.3, 0.4) is 0 Å². The zero-order valence-electron chi connectivity index (χ0n) is 14.9. The Bertz CT molecular complexity index is 1030. The van der Waals surface area contributed by atoms with E-state index < -0.39 is 23.9 Å². The Morgan fingerprint density at radius 3 is 2.38 bits per heavy atom. The van der Waals surface area contributed by atoms with E-state index in [9.17, 15) is 22.8 Å². The molecule has 0 aliphatic carbocycles. The fourth-order valence-electron chi connectivity index (χ4n) is 2.40. The van der Waals surface area contributed by atoms with Crippen molar-refractivity contribution < 1.29 is 22.8 Å². The highest BCUT2D eigenvalue weighted by atomic mass is 32.2. The number of alkyl halides is 3. The Kier molecular flexibility index (Phi) is 6.32. The molecule has 0 radical (unpaired) electrons. The summed E-state index contributed by atoms with van der Waals surface area (Å²) >= 11 is 0.802. The first-order chi connectivity index (χ1) is 13.8. The maximum absolute atomic E-state index is 13.0. The standard InChI is InChI=1S/C19H15F3N4O2S/c20-19(21,22)17-24-14-9-5-4-8-13(14)16(26-17)29-11-15(27)25-18(28)23-10-12-6-2-1-3-7-12/h1-9H,10-11H2,(H2,23,25,27,28). The quantitative estimate of drug-likeness (QED) is 0.485. The number of para-hydroxylation sites is 1. The maximum Gasteiger partial charge on any atom is 0.451 e. The van der Waals surface area contributed by atoms with Crippen LogP contribution in [-0.2, 0) is 17.5 Å². The van der Waals surface area contributed by atoms with E-state index in [0.717, 1.165) is 17.3 Å². The lowest BCUT2D eigenvalue weighted by Crippen LogP contribution is -2.39. The number of nitrogens with one attached hydrogen (secondary N) is 2. The van der Waals surface area contributed by atoms with Crippen molar-refractivity contribution in [2.45, 2.75) is 17.7 Å². The molecule has 2 aromatic carbocycles. The Hall–Kier alpha value is -3.14. The number of amides is 3. The summed E-state index contributed by atoms with van der Waals surface area (Å²) < 4.78 is 39.1. The SMILES string of the molecule is O=C(CSc1nc(C(F)(F)F)nc2ccccc12)NC(=O)NCc1ccccc1. The van der Waals surface area contributed by atoms with Crippen LogP contribution in [0.2, 0.25) is 0 Å². The Morgan fingerprint density at radius 2 is 1.66 bits per heavy atom. The minimum atomic E-state index is -4.71. The zero-order valence-corrected chi connectivity index (χ0v) is 15.7. The third-order valence-electron chi connectivity index (χ3n) is 3.71. The first-order valence-electron chi connectivity index (χ1n) is 8.41. The van der Waals surface area contributed by atoms with Gasteiger partial charge in [0.2, 0.25) is 11.7 Å². The number of imide groups is 1. The molecule has 3 aromatic rings. The highest BCUT2D eigenvalue weighted by molar-refractivity contribution is 8.00. The lowest BCUT2D eigenvalue weighted by molar-refractivity contribution is -0.145. The van der Waals surface area contributed by atoms with Gasteiger partial charge >= 0.3 is 12.2 Å². The van der Waals surface area contributed by atoms with Crippen LogP contribution in [0.5, 0.6) is 0 Å². The highest BCUT2D eigenvalue weighted by Gasteiger charge is 2.35. The van der Waals surface area contributed by atoms with Crippen LogP contribution in [0.4, 0.5) is 18.0 Å². The third kappa shape index (κ3) is 5.67. The van der Waals surface area contributed by atoms with E-state index in [4.69, 9.17) is 0 Å². The molecule has 10 heteroatoms. The number of fused-ring (bicyclic) bond motifs is 1. The minimum Gasteiger partial charge on any atom is -0.334 e. The first kappa shape index (κ1) is 20.6. The predicted octanol–water partition coefficient (Wildman–Crippen LogP) is 3.77. The van der Waals surface area contributed by atoms with Gasteiger partial charge in [-0.3, -0.25) is 10.1 Å². The van der Waals surface area contributed by atoms with Gasteiger partial charge in [-0.25, -0.2) is 14.8 Å². The van der Waals surface area contributed by atoms with E-state index >= 15 is 0 Å². The largest absolute Gasteiger partial charge is 0.451 e. The number of halogens is 3. The minimum absolute atomic E-state index is 0.0165. The molecule has 0 saturated carbocycles. The van der Waals surface area contributed by atoms with Crippen molar-refractivity contribution in [3.8, 4) is 0 Å². The van der Waals surface area contributed by atoms with Gasteiger partial charge in [-0.05, 0) is 11.6 Å². The molecular weight excluding hydrogens is 405 g/mol. The van der Waals surface area contributed by atoms with Gasteiger partial charge in [0.1, 0.15) is 5.03 Å². The van der Waals surface area contributed by atoms with Crippen molar-refractivity contribution in [2.75, 3.05) is 5.75 Å². The fourth-order valence-corrected chi connectivity index (χ4v) is 3.22. The molecule has 0 bridgehead atoms. The first-order valence-corrected chi connectivity index (χ1v) is 9.40. The summed E-state index contributed by atoms with van der Waals surface area (Å²) in [7, 11) is 0. The van der Waals surface area contributed by atoms with E-state index in [-0.39, 0.29) is 22.8 Å². The maximum atomic E-state index is 13.0. The summed E-state index contributed by atoms with van der Waals surface area (Å²) in [5.41, 5.74) is 0.981. The van der Waals surface area contributed by atoms with Crippen LogP contribution in [0.15, 0.2) is 59.6 Å². The average molecular weight is 420 g/mol. The molecule has 3 rings (SSSR count). The van der Waals surface area contributed by atoms with Gasteiger partial charge < -0.3 is 5.32 Å². The topological polar surface area (TPSA) is 84.0 Å². The summed E-state index contributed by atoms with van der Waals surface area (Å²) in [6.07, 6.45) is -4.71. The van der Waals surface area contributed by atoms with Gasteiger partial charge in [0.05, 0.1) is 11.3 Å². The molecule has 0 spiro atoms. The molecule has 6 nitrogen and oxygen atoms in total. The van der Waals surface area contributed by atoms with Crippen LogP contribution in [0.1, 0.15) is 11.4 Å². The molecule has 150 valence electrons. The normalized spacial score (nSPS) is 11.3. The number of hydrogen-bond donors (Lipinski definition) is 2. The number of hydrogen-bond acceptors (Lipinski definition) is 5. The van der Waals surface area contributed by atoms with Gasteiger partial charge in [0.25, 0.3) is 0 Å². The van der Waals surface area contributed by atoms with Gasteiger partial charge in [-0.15, -0.1) is 0 Å². The number of rotatable bonds is 5. The number of carbonyl (C=O) groups is 2. The third-order valence-corrected chi connectivity index (χ3v) is 4.70. The molecule has 1 aromatic heterocycles. The fraction of sp³-hybridized carbons (Fsp3) is 0.158. The lowest BCUT2D eigenvalue weighted by Gasteiger charge is -2.10. The van der Waals surface area contributed by atoms with Crippen LogP contribution < -0.4 is 10.6 Å².